The highest BCUT2D eigenvalue weighted by molar-refractivity contribution is 5.91. The summed E-state index contributed by atoms with van der Waals surface area (Å²) in [6.07, 6.45) is -4.57. The van der Waals surface area contributed by atoms with Gasteiger partial charge in [-0.2, -0.15) is 13.2 Å². The van der Waals surface area contributed by atoms with E-state index in [0.29, 0.717) is 36.2 Å². The van der Waals surface area contributed by atoms with Crippen LogP contribution in [-0.4, -0.2) is 53.5 Å². The molecule has 7 heteroatoms. The number of amides is 2. The molecule has 1 aliphatic carbocycles. The number of hydrogen-bond acceptors (Lipinski definition) is 2. The molecule has 0 bridgehead atoms. The number of piperidine rings is 1. The van der Waals surface area contributed by atoms with Gasteiger partial charge in [0.05, 0.1) is 0 Å². The Kier molecular flexibility index (Phi) is 2.66. The molecule has 0 radical (unpaired) electrons. The fraction of sp³-hybridized carbons (Fsp3) is 0.846. The van der Waals surface area contributed by atoms with Crippen molar-refractivity contribution >= 4 is 11.8 Å². The van der Waals surface area contributed by atoms with Crippen molar-refractivity contribution in [3.8, 4) is 0 Å². The molecule has 0 spiro atoms. The second kappa shape index (κ2) is 3.89. The van der Waals surface area contributed by atoms with Crippen molar-refractivity contribution in [1.82, 2.24) is 9.80 Å². The third-order valence-electron chi connectivity index (χ3n) is 5.24. The Labute approximate surface area is 114 Å². The van der Waals surface area contributed by atoms with Gasteiger partial charge >= 0.3 is 12.1 Å². The van der Waals surface area contributed by atoms with E-state index in [1.807, 2.05) is 0 Å². The molecule has 112 valence electrons. The van der Waals surface area contributed by atoms with E-state index in [4.69, 9.17) is 0 Å². The predicted octanol–water partition coefficient (Wildman–Crippen LogP) is 1.26. The molecule has 1 saturated carbocycles. The summed E-state index contributed by atoms with van der Waals surface area (Å²) in [4.78, 5) is 25.7. The van der Waals surface area contributed by atoms with Gasteiger partial charge in [-0.1, -0.05) is 13.8 Å². The van der Waals surface area contributed by atoms with Crippen LogP contribution in [0.3, 0.4) is 0 Å². The lowest BCUT2D eigenvalue weighted by Crippen LogP contribution is -2.61. The quantitative estimate of drug-likeness (QED) is 0.729. The van der Waals surface area contributed by atoms with Crippen molar-refractivity contribution in [3.63, 3.8) is 0 Å². The highest BCUT2D eigenvalue weighted by atomic mass is 19.4. The molecule has 3 aliphatic rings. The maximum Gasteiger partial charge on any atom is 0.471 e. The number of nitrogens with zero attached hydrogens (tertiary/aromatic N) is 2. The Balaban J connectivity index is 1.61. The highest BCUT2D eigenvalue weighted by Gasteiger charge is 2.63. The third-order valence-corrected chi connectivity index (χ3v) is 5.24. The largest absolute Gasteiger partial charge is 0.471 e. The maximum atomic E-state index is 12.4. The predicted molar refractivity (Wildman–Crippen MR) is 63.5 cm³/mol. The van der Waals surface area contributed by atoms with Crippen LogP contribution in [0.4, 0.5) is 13.2 Å². The number of fused-ring (bicyclic) bond motifs is 1. The molecule has 2 aliphatic heterocycles. The SMILES string of the molecule is CC1(C)[C@@H]2CN(C(=O)[C@@H]3CCN3C(=O)C(F)(F)F)C[C@@H]21. The molecule has 20 heavy (non-hydrogen) atoms. The lowest BCUT2D eigenvalue weighted by atomic mass is 10.00. The highest BCUT2D eigenvalue weighted by Crippen LogP contribution is 2.62. The summed E-state index contributed by atoms with van der Waals surface area (Å²) in [5.41, 5.74) is 0.248. The molecule has 3 rings (SSSR count). The molecule has 0 unspecified atom stereocenters. The van der Waals surface area contributed by atoms with Gasteiger partial charge in [-0.15, -0.1) is 0 Å². The number of likely N-dealkylation sites (tertiary alicyclic amines) is 2. The van der Waals surface area contributed by atoms with Gasteiger partial charge in [0.25, 0.3) is 0 Å². The van der Waals surface area contributed by atoms with Gasteiger partial charge in [0, 0.05) is 19.6 Å². The maximum absolute atomic E-state index is 12.4. The molecular weight excluding hydrogens is 273 g/mol. The summed E-state index contributed by atoms with van der Waals surface area (Å²) in [6.45, 7) is 5.53. The first-order chi connectivity index (χ1) is 9.14. The number of carbonyl (C=O) groups excluding carboxylic acids is 2. The topological polar surface area (TPSA) is 40.6 Å². The second-order valence-electron chi connectivity index (χ2n) is 6.58. The summed E-state index contributed by atoms with van der Waals surface area (Å²) < 4.78 is 37.2. The Bertz CT molecular complexity index is 461. The van der Waals surface area contributed by atoms with Crippen LogP contribution in [0, 0.1) is 17.3 Å². The van der Waals surface area contributed by atoms with Gasteiger partial charge in [-0.05, 0) is 23.7 Å². The fourth-order valence-corrected chi connectivity index (χ4v) is 3.57. The zero-order valence-electron chi connectivity index (χ0n) is 11.4. The molecular formula is C13H17F3N2O2. The van der Waals surface area contributed by atoms with Gasteiger partial charge < -0.3 is 9.80 Å². The number of carbonyl (C=O) groups is 2. The molecule has 3 fully saturated rings. The van der Waals surface area contributed by atoms with Crippen LogP contribution in [0.5, 0.6) is 0 Å². The van der Waals surface area contributed by atoms with Crippen molar-refractivity contribution in [2.45, 2.75) is 32.5 Å². The summed E-state index contributed by atoms with van der Waals surface area (Å²) in [5, 5.41) is 0. The first-order valence-corrected chi connectivity index (χ1v) is 6.80. The van der Waals surface area contributed by atoms with Crippen molar-refractivity contribution in [1.29, 1.82) is 0 Å². The van der Waals surface area contributed by atoms with Gasteiger partial charge in [0.1, 0.15) is 6.04 Å². The van der Waals surface area contributed by atoms with Crippen LogP contribution in [0.15, 0.2) is 0 Å². The smallest absolute Gasteiger partial charge is 0.340 e. The van der Waals surface area contributed by atoms with E-state index >= 15 is 0 Å². The third kappa shape index (κ3) is 1.82. The summed E-state index contributed by atoms with van der Waals surface area (Å²) in [7, 11) is 0. The number of hydrogen-bond donors (Lipinski definition) is 0. The van der Waals surface area contributed by atoms with Crippen LogP contribution in [0.25, 0.3) is 0 Å². The normalized spacial score (nSPS) is 34.5. The van der Waals surface area contributed by atoms with Crippen LogP contribution in [0.2, 0.25) is 0 Å². The number of halogens is 3. The van der Waals surface area contributed by atoms with Crippen molar-refractivity contribution < 1.29 is 22.8 Å². The lowest BCUT2D eigenvalue weighted by molar-refractivity contribution is -0.194. The first-order valence-electron chi connectivity index (χ1n) is 6.80. The fourth-order valence-electron chi connectivity index (χ4n) is 3.57. The second-order valence-corrected chi connectivity index (χ2v) is 6.58. The molecule has 0 N–H and O–H groups in total. The Hall–Kier alpha value is -1.27. The average molecular weight is 290 g/mol. The molecule has 2 heterocycles. The van der Waals surface area contributed by atoms with E-state index in [2.05, 4.69) is 13.8 Å². The summed E-state index contributed by atoms with van der Waals surface area (Å²) in [6, 6.07) is -0.912. The summed E-state index contributed by atoms with van der Waals surface area (Å²) in [5.74, 6) is -1.31. The van der Waals surface area contributed by atoms with E-state index in [0.717, 1.165) is 0 Å². The van der Waals surface area contributed by atoms with E-state index in [1.54, 1.807) is 4.90 Å². The Morgan fingerprint density at radius 3 is 2.10 bits per heavy atom. The molecule has 4 nitrogen and oxygen atoms in total. The van der Waals surface area contributed by atoms with Crippen molar-refractivity contribution in [2.24, 2.45) is 17.3 Å². The minimum Gasteiger partial charge on any atom is -0.340 e. The molecule has 2 amide bonds. The van der Waals surface area contributed by atoms with Gasteiger partial charge in [0.15, 0.2) is 0 Å². The Morgan fingerprint density at radius 2 is 1.70 bits per heavy atom. The van der Waals surface area contributed by atoms with E-state index < -0.39 is 18.1 Å². The van der Waals surface area contributed by atoms with Crippen molar-refractivity contribution in [2.75, 3.05) is 19.6 Å². The standard InChI is InChI=1S/C13H17F3N2O2/c1-12(2)7-5-17(6-8(7)12)10(19)9-3-4-18(9)11(20)13(14,15)16/h7-9H,3-6H2,1-2H3/t7-,8+,9-/m0/s1. The van der Waals surface area contributed by atoms with Crippen LogP contribution in [0.1, 0.15) is 20.3 Å². The molecule has 0 aromatic carbocycles. The molecule has 0 aromatic rings. The molecule has 3 atom stereocenters. The van der Waals surface area contributed by atoms with E-state index in [-0.39, 0.29) is 17.9 Å². The van der Waals surface area contributed by atoms with Crippen LogP contribution >= 0.6 is 0 Å². The van der Waals surface area contributed by atoms with E-state index in [1.165, 1.54) is 0 Å². The molecule has 2 saturated heterocycles. The zero-order chi connectivity index (χ0) is 14.9. The minimum absolute atomic E-state index is 0.0148. The number of rotatable bonds is 1. The van der Waals surface area contributed by atoms with Gasteiger partial charge in [0.2, 0.25) is 5.91 Å². The van der Waals surface area contributed by atoms with Gasteiger partial charge in [-0.3, -0.25) is 9.59 Å². The monoisotopic (exact) mass is 290 g/mol. The summed E-state index contributed by atoms with van der Waals surface area (Å²) >= 11 is 0. The van der Waals surface area contributed by atoms with Crippen LogP contribution < -0.4 is 0 Å². The lowest BCUT2D eigenvalue weighted by Gasteiger charge is -2.42. The Morgan fingerprint density at radius 1 is 1.15 bits per heavy atom. The molecule has 0 aromatic heterocycles. The minimum atomic E-state index is -4.89. The number of alkyl halides is 3. The van der Waals surface area contributed by atoms with Gasteiger partial charge in [-0.25, -0.2) is 0 Å². The van der Waals surface area contributed by atoms with Crippen LogP contribution in [-0.2, 0) is 9.59 Å². The van der Waals surface area contributed by atoms with Crippen molar-refractivity contribution in [3.05, 3.63) is 0 Å². The first kappa shape index (κ1) is 13.7. The van der Waals surface area contributed by atoms with E-state index in [9.17, 15) is 22.8 Å². The zero-order valence-corrected chi connectivity index (χ0v) is 11.4. The average Bonchev–Trinajstić information content (AvgIpc) is 2.67.